The minimum atomic E-state index is 0.0990. The number of nitrogens with zero attached hydrogens (tertiary/aromatic N) is 3. The van der Waals surface area contributed by atoms with E-state index in [2.05, 4.69) is 9.97 Å². The van der Waals surface area contributed by atoms with Crippen LogP contribution in [0.15, 0.2) is 42.7 Å². The van der Waals surface area contributed by atoms with Gasteiger partial charge in [0.15, 0.2) is 0 Å². The van der Waals surface area contributed by atoms with E-state index in [1.54, 1.807) is 24.5 Å². The third-order valence-electron chi connectivity index (χ3n) is 4.76. The Morgan fingerprint density at radius 1 is 1.32 bits per heavy atom. The summed E-state index contributed by atoms with van der Waals surface area (Å²) in [5.41, 5.74) is 2.71. The minimum absolute atomic E-state index is 0.0990. The van der Waals surface area contributed by atoms with Crippen LogP contribution in [0.4, 0.5) is 0 Å². The van der Waals surface area contributed by atoms with Crippen LogP contribution in [0.3, 0.4) is 0 Å². The number of ether oxygens (including phenoxy) is 1. The van der Waals surface area contributed by atoms with Gasteiger partial charge in [0.25, 0.3) is 5.91 Å². The molecule has 2 aromatic rings. The Kier molecular flexibility index (Phi) is 4.48. The highest BCUT2D eigenvalue weighted by atomic mass is 32.2. The molecular weight excluding hydrogens is 334 g/mol. The molecule has 0 N–H and O–H groups in total. The van der Waals surface area contributed by atoms with Gasteiger partial charge in [-0.25, -0.2) is 0 Å². The summed E-state index contributed by atoms with van der Waals surface area (Å²) in [7, 11) is 0. The molecule has 130 valence electrons. The number of amides is 1. The van der Waals surface area contributed by atoms with Crippen LogP contribution in [0.5, 0.6) is 0 Å². The van der Waals surface area contributed by atoms with E-state index in [9.17, 15) is 4.79 Å². The van der Waals surface area contributed by atoms with Gasteiger partial charge in [0, 0.05) is 42.5 Å². The van der Waals surface area contributed by atoms with E-state index in [0.717, 1.165) is 36.7 Å². The smallest absolute Gasteiger partial charge is 0.254 e. The molecule has 2 fully saturated rings. The molecule has 2 aliphatic rings. The van der Waals surface area contributed by atoms with E-state index >= 15 is 0 Å². The molecule has 0 aromatic carbocycles. The molecule has 25 heavy (non-hydrogen) atoms. The zero-order valence-electron chi connectivity index (χ0n) is 14.2. The first-order valence-electron chi connectivity index (χ1n) is 8.51. The largest absolute Gasteiger partial charge is 0.371 e. The topological polar surface area (TPSA) is 55.3 Å². The quantitative estimate of drug-likeness (QED) is 0.844. The van der Waals surface area contributed by atoms with Crippen LogP contribution in [-0.4, -0.2) is 50.5 Å². The molecule has 4 heterocycles. The zero-order valence-corrected chi connectivity index (χ0v) is 15.0. The number of likely N-dealkylation sites (tertiary alicyclic amines) is 1. The number of pyridine rings is 2. The van der Waals surface area contributed by atoms with Gasteiger partial charge >= 0.3 is 0 Å². The fourth-order valence-corrected chi connectivity index (χ4v) is 5.03. The second kappa shape index (κ2) is 6.77. The maximum atomic E-state index is 12.4. The number of carbonyl (C=O) groups excluding carboxylic acids is 1. The normalized spacial score (nSPS) is 21.3. The highest BCUT2D eigenvalue weighted by molar-refractivity contribution is 8.01. The summed E-state index contributed by atoms with van der Waals surface area (Å²) in [6.45, 7) is 4.16. The van der Waals surface area contributed by atoms with Gasteiger partial charge in [0.2, 0.25) is 0 Å². The van der Waals surface area contributed by atoms with Gasteiger partial charge in [0.05, 0.1) is 23.2 Å². The summed E-state index contributed by atoms with van der Waals surface area (Å²) in [5.74, 6) is 1.09. The predicted molar refractivity (Wildman–Crippen MR) is 97.5 cm³/mol. The van der Waals surface area contributed by atoms with Crippen molar-refractivity contribution in [2.24, 2.45) is 0 Å². The molecule has 1 atom stereocenters. The van der Waals surface area contributed by atoms with Crippen molar-refractivity contribution in [1.82, 2.24) is 14.9 Å². The Morgan fingerprint density at radius 3 is 2.88 bits per heavy atom. The van der Waals surface area contributed by atoms with Crippen LogP contribution in [-0.2, 0) is 11.3 Å². The molecule has 5 nitrogen and oxygen atoms in total. The van der Waals surface area contributed by atoms with E-state index in [-0.39, 0.29) is 16.8 Å². The number of aromatic nitrogens is 2. The second-order valence-electron chi connectivity index (χ2n) is 6.80. The Hall–Kier alpha value is -1.92. The van der Waals surface area contributed by atoms with Gasteiger partial charge < -0.3 is 9.64 Å². The van der Waals surface area contributed by atoms with Crippen molar-refractivity contribution < 1.29 is 9.53 Å². The first kappa shape index (κ1) is 16.5. The molecule has 0 radical (unpaired) electrons. The summed E-state index contributed by atoms with van der Waals surface area (Å²) < 4.78 is 6.23. The van der Waals surface area contributed by atoms with Gasteiger partial charge in [-0.15, -0.1) is 11.8 Å². The van der Waals surface area contributed by atoms with Crippen molar-refractivity contribution >= 4 is 17.7 Å². The maximum Gasteiger partial charge on any atom is 0.254 e. The van der Waals surface area contributed by atoms with Crippen molar-refractivity contribution in [3.63, 3.8) is 0 Å². The third-order valence-corrected chi connectivity index (χ3v) is 6.34. The van der Waals surface area contributed by atoms with Gasteiger partial charge in [0.1, 0.15) is 0 Å². The summed E-state index contributed by atoms with van der Waals surface area (Å²) in [6, 6.07) is 9.56. The molecular formula is C19H21N3O2S. The molecule has 2 aliphatic heterocycles. The second-order valence-corrected chi connectivity index (χ2v) is 8.29. The van der Waals surface area contributed by atoms with E-state index in [0.29, 0.717) is 12.2 Å². The minimum Gasteiger partial charge on any atom is -0.371 e. The van der Waals surface area contributed by atoms with Crippen LogP contribution >= 0.6 is 11.8 Å². The summed E-state index contributed by atoms with van der Waals surface area (Å²) >= 11 is 1.94. The lowest BCUT2D eigenvalue weighted by atomic mass is 9.92. The molecule has 1 spiro atoms. The fourth-order valence-electron chi connectivity index (χ4n) is 3.48. The van der Waals surface area contributed by atoms with Crippen molar-refractivity contribution in [2.75, 3.05) is 18.8 Å². The van der Waals surface area contributed by atoms with E-state index in [4.69, 9.17) is 4.74 Å². The van der Waals surface area contributed by atoms with Crippen LogP contribution in [0.1, 0.15) is 28.2 Å². The zero-order chi connectivity index (χ0) is 17.3. The lowest BCUT2D eigenvalue weighted by molar-refractivity contribution is 0.0245. The molecule has 4 rings (SSSR count). The molecule has 2 aromatic heterocycles. The van der Waals surface area contributed by atoms with E-state index in [1.807, 2.05) is 41.8 Å². The first-order chi connectivity index (χ1) is 12.1. The number of hydrogen-bond donors (Lipinski definition) is 0. The van der Waals surface area contributed by atoms with Crippen molar-refractivity contribution in [3.05, 3.63) is 59.7 Å². The Bertz CT molecular complexity index is 762. The molecule has 0 unspecified atom stereocenters. The number of hydrogen-bond acceptors (Lipinski definition) is 5. The van der Waals surface area contributed by atoms with Crippen molar-refractivity contribution in [3.8, 4) is 0 Å². The summed E-state index contributed by atoms with van der Waals surface area (Å²) in [5, 5.41) is 0. The number of aryl methyl sites for hydroxylation is 1. The monoisotopic (exact) mass is 355 g/mol. The molecule has 0 bridgehead atoms. The highest BCUT2D eigenvalue weighted by Gasteiger charge is 2.50. The Morgan fingerprint density at radius 2 is 2.12 bits per heavy atom. The fraction of sp³-hybridized carbons (Fsp3) is 0.421. The summed E-state index contributed by atoms with van der Waals surface area (Å²) in [4.78, 5) is 22.8. The molecule has 1 amide bonds. The van der Waals surface area contributed by atoms with Crippen LogP contribution in [0, 0.1) is 6.92 Å². The predicted octanol–water partition coefficient (Wildman–Crippen LogP) is 2.70. The van der Waals surface area contributed by atoms with Crippen molar-refractivity contribution in [2.45, 2.75) is 30.8 Å². The average Bonchev–Trinajstić information content (AvgIpc) is 3.04. The molecule has 0 saturated carbocycles. The van der Waals surface area contributed by atoms with Crippen molar-refractivity contribution in [1.29, 1.82) is 0 Å². The van der Waals surface area contributed by atoms with E-state index in [1.165, 1.54) is 0 Å². The standard InChI is InChI=1S/C19H21N3O2S/c1-14-3-2-4-16(21-14)10-24-17-9-19(25-11-17)12-22(13-19)18(23)15-5-7-20-8-6-15/h2-8,17H,9-13H2,1H3/t17-/m1/s1. The van der Waals surface area contributed by atoms with Gasteiger partial charge in [-0.05, 0) is 37.6 Å². The third kappa shape index (κ3) is 3.55. The van der Waals surface area contributed by atoms with Gasteiger partial charge in [-0.2, -0.15) is 0 Å². The summed E-state index contributed by atoms with van der Waals surface area (Å²) in [6.07, 6.45) is 4.57. The lowest BCUT2D eigenvalue weighted by Gasteiger charge is -2.47. The Labute approximate surface area is 151 Å². The molecule has 2 saturated heterocycles. The molecule has 0 aliphatic carbocycles. The first-order valence-corrected chi connectivity index (χ1v) is 9.50. The van der Waals surface area contributed by atoms with Gasteiger partial charge in [-0.3, -0.25) is 14.8 Å². The average molecular weight is 355 g/mol. The van der Waals surface area contributed by atoms with Crippen LogP contribution < -0.4 is 0 Å². The van der Waals surface area contributed by atoms with E-state index < -0.39 is 0 Å². The van der Waals surface area contributed by atoms with Crippen LogP contribution in [0.2, 0.25) is 0 Å². The lowest BCUT2D eigenvalue weighted by Crippen LogP contribution is -2.60. The number of carbonyl (C=O) groups is 1. The highest BCUT2D eigenvalue weighted by Crippen LogP contribution is 2.46. The molecule has 6 heteroatoms. The number of thioether (sulfide) groups is 1. The maximum absolute atomic E-state index is 12.4. The van der Waals surface area contributed by atoms with Gasteiger partial charge in [-0.1, -0.05) is 6.07 Å². The van der Waals surface area contributed by atoms with Crippen LogP contribution in [0.25, 0.3) is 0 Å². The Balaban J connectivity index is 1.28. The number of rotatable bonds is 4. The SMILES string of the molecule is Cc1cccc(CO[C@H]2CSC3(C2)CN(C(=O)c2ccncc2)C3)n1.